The van der Waals surface area contributed by atoms with Crippen LogP contribution in [-0.4, -0.2) is 11.0 Å². The zero-order chi connectivity index (χ0) is 11.1. The lowest BCUT2D eigenvalue weighted by Crippen LogP contribution is -2.05. The number of benzene rings is 1. The van der Waals surface area contributed by atoms with Gasteiger partial charge in [-0.1, -0.05) is 0 Å². The summed E-state index contributed by atoms with van der Waals surface area (Å²) in [6.45, 7) is 0. The number of nitrogens with zero attached hydrogens (tertiary/aromatic N) is 1. The van der Waals surface area contributed by atoms with E-state index in [1.807, 2.05) is 0 Å². The van der Waals surface area contributed by atoms with Crippen LogP contribution in [0.25, 0.3) is 10.8 Å². The monoisotopic (exact) mass is 217 g/mol. The summed E-state index contributed by atoms with van der Waals surface area (Å²) in [6, 6.07) is 5.09. The van der Waals surface area contributed by atoms with E-state index in [1.54, 1.807) is 18.3 Å². The molecule has 1 saturated carbocycles. The largest absolute Gasteiger partial charge is 0.398 e. The predicted octanol–water partition coefficient (Wildman–Crippen LogP) is 2.53. The van der Waals surface area contributed by atoms with Crippen molar-refractivity contribution in [2.45, 2.75) is 18.9 Å². The topological polar surface area (TPSA) is 50.9 Å². The molecule has 0 saturated heterocycles. The minimum atomic E-state index is -0.259. The molecule has 16 heavy (non-hydrogen) atoms. The smallest absolute Gasteiger partial charge is 0.136 e. The first-order valence-electron chi connectivity index (χ1n) is 5.35. The van der Waals surface area contributed by atoms with Crippen LogP contribution in [0, 0.1) is 5.82 Å². The first-order chi connectivity index (χ1) is 7.75. The second-order valence-electron chi connectivity index (χ2n) is 4.14. The van der Waals surface area contributed by atoms with Gasteiger partial charge in [0.15, 0.2) is 0 Å². The number of rotatable bonds is 2. The Labute approximate surface area is 92.5 Å². The Morgan fingerprint density at radius 1 is 1.31 bits per heavy atom. The molecule has 1 aliphatic rings. The Hall–Kier alpha value is -1.84. The van der Waals surface area contributed by atoms with E-state index in [1.165, 1.54) is 6.07 Å². The van der Waals surface area contributed by atoms with E-state index >= 15 is 0 Å². The summed E-state index contributed by atoms with van der Waals surface area (Å²) in [7, 11) is 0. The lowest BCUT2D eigenvalue weighted by atomic mass is 10.1. The maximum absolute atomic E-state index is 13.6. The van der Waals surface area contributed by atoms with Gasteiger partial charge < -0.3 is 11.1 Å². The molecule has 1 aromatic heterocycles. The molecule has 0 unspecified atom stereocenters. The van der Waals surface area contributed by atoms with Crippen molar-refractivity contribution in [3.8, 4) is 0 Å². The molecule has 3 rings (SSSR count). The Balaban J connectivity index is 2.23. The molecule has 2 aromatic rings. The van der Waals surface area contributed by atoms with E-state index in [4.69, 9.17) is 5.73 Å². The molecule has 1 aliphatic carbocycles. The van der Waals surface area contributed by atoms with Gasteiger partial charge in [0.25, 0.3) is 0 Å². The third-order valence-electron chi connectivity index (χ3n) is 2.82. The van der Waals surface area contributed by atoms with E-state index in [9.17, 15) is 4.39 Å². The van der Waals surface area contributed by atoms with Crippen molar-refractivity contribution in [3.63, 3.8) is 0 Å². The van der Waals surface area contributed by atoms with Crippen LogP contribution in [0.2, 0.25) is 0 Å². The molecule has 0 radical (unpaired) electrons. The van der Waals surface area contributed by atoms with Gasteiger partial charge in [-0.05, 0) is 31.0 Å². The van der Waals surface area contributed by atoms with Gasteiger partial charge in [-0.25, -0.2) is 9.37 Å². The molecule has 1 heterocycles. The third kappa shape index (κ3) is 1.46. The summed E-state index contributed by atoms with van der Waals surface area (Å²) in [5.41, 5.74) is 6.44. The quantitative estimate of drug-likeness (QED) is 0.760. The maximum Gasteiger partial charge on any atom is 0.136 e. The summed E-state index contributed by atoms with van der Waals surface area (Å²) >= 11 is 0. The van der Waals surface area contributed by atoms with Gasteiger partial charge in [0, 0.05) is 23.3 Å². The van der Waals surface area contributed by atoms with Crippen molar-refractivity contribution >= 4 is 22.3 Å². The van der Waals surface area contributed by atoms with Crippen molar-refractivity contribution in [2.75, 3.05) is 11.1 Å². The lowest BCUT2D eigenvalue weighted by molar-refractivity contribution is 0.640. The Bertz CT molecular complexity index is 549. The summed E-state index contributed by atoms with van der Waals surface area (Å²) in [5.74, 6) is 0.433. The minimum Gasteiger partial charge on any atom is -0.398 e. The number of pyridine rings is 1. The fourth-order valence-corrected chi connectivity index (χ4v) is 1.82. The van der Waals surface area contributed by atoms with Crippen LogP contribution in [-0.2, 0) is 0 Å². The maximum atomic E-state index is 13.6. The van der Waals surface area contributed by atoms with Gasteiger partial charge >= 0.3 is 0 Å². The van der Waals surface area contributed by atoms with E-state index in [2.05, 4.69) is 10.3 Å². The van der Waals surface area contributed by atoms with Gasteiger partial charge in [-0.2, -0.15) is 0 Å². The molecule has 0 atom stereocenters. The molecule has 1 aromatic carbocycles. The van der Waals surface area contributed by atoms with Crippen molar-refractivity contribution in [1.82, 2.24) is 4.98 Å². The molecule has 82 valence electrons. The Morgan fingerprint density at radius 2 is 2.12 bits per heavy atom. The van der Waals surface area contributed by atoms with Crippen molar-refractivity contribution < 1.29 is 4.39 Å². The molecule has 0 spiro atoms. The van der Waals surface area contributed by atoms with Gasteiger partial charge in [0.05, 0.1) is 5.39 Å². The fourth-order valence-electron chi connectivity index (χ4n) is 1.82. The van der Waals surface area contributed by atoms with Crippen molar-refractivity contribution in [2.24, 2.45) is 0 Å². The van der Waals surface area contributed by atoms with E-state index < -0.39 is 0 Å². The van der Waals surface area contributed by atoms with Gasteiger partial charge in [-0.3, -0.25) is 0 Å². The summed E-state index contributed by atoms with van der Waals surface area (Å²) < 4.78 is 13.6. The number of nitrogens with one attached hydrogen (secondary N) is 1. The second-order valence-corrected chi connectivity index (χ2v) is 4.14. The number of nitrogen functional groups attached to an aromatic ring is 1. The number of nitrogens with two attached hydrogens (primary N) is 1. The molecular formula is C12H12FN3. The highest BCUT2D eigenvalue weighted by atomic mass is 19.1. The minimum absolute atomic E-state index is 0.259. The highest BCUT2D eigenvalue weighted by Gasteiger charge is 2.22. The molecule has 1 fully saturated rings. The molecule has 0 bridgehead atoms. The van der Waals surface area contributed by atoms with Crippen LogP contribution >= 0.6 is 0 Å². The number of halogens is 1. The van der Waals surface area contributed by atoms with Crippen LogP contribution in [0.3, 0.4) is 0 Å². The first-order valence-corrected chi connectivity index (χ1v) is 5.35. The second kappa shape index (κ2) is 3.33. The first kappa shape index (κ1) is 9.39. The molecule has 0 aliphatic heterocycles. The lowest BCUT2D eigenvalue weighted by Gasteiger charge is -2.10. The van der Waals surface area contributed by atoms with Gasteiger partial charge in [-0.15, -0.1) is 0 Å². The number of aromatic nitrogens is 1. The average Bonchev–Trinajstić information content (AvgIpc) is 3.08. The van der Waals surface area contributed by atoms with E-state index in [0.717, 1.165) is 12.8 Å². The molecule has 3 N–H and O–H groups in total. The predicted molar refractivity (Wildman–Crippen MR) is 62.8 cm³/mol. The zero-order valence-corrected chi connectivity index (χ0v) is 8.70. The Kier molecular flexibility index (Phi) is 1.96. The van der Waals surface area contributed by atoms with E-state index in [0.29, 0.717) is 28.3 Å². The normalized spacial score (nSPS) is 15.3. The van der Waals surface area contributed by atoms with Crippen molar-refractivity contribution in [3.05, 3.63) is 30.2 Å². The zero-order valence-electron chi connectivity index (χ0n) is 8.70. The third-order valence-corrected chi connectivity index (χ3v) is 2.82. The SMILES string of the molecule is Nc1ccc(F)c2ccnc(NC3CC3)c12. The van der Waals surface area contributed by atoms with Crippen LogP contribution in [0.1, 0.15) is 12.8 Å². The standard InChI is InChI=1S/C12H12FN3/c13-9-3-4-10(14)11-8(9)5-6-15-12(11)16-7-1-2-7/h3-7H,1-2,14H2,(H,15,16). The number of hydrogen-bond acceptors (Lipinski definition) is 3. The van der Waals surface area contributed by atoms with Crippen LogP contribution in [0.15, 0.2) is 24.4 Å². The average molecular weight is 217 g/mol. The number of anilines is 2. The summed E-state index contributed by atoms with van der Waals surface area (Å²) in [4.78, 5) is 4.23. The fraction of sp³-hybridized carbons (Fsp3) is 0.250. The van der Waals surface area contributed by atoms with Crippen molar-refractivity contribution in [1.29, 1.82) is 0 Å². The van der Waals surface area contributed by atoms with Crippen LogP contribution < -0.4 is 11.1 Å². The molecule has 3 nitrogen and oxygen atoms in total. The molecule has 0 amide bonds. The summed E-state index contributed by atoms with van der Waals surface area (Å²) in [5, 5.41) is 4.48. The highest BCUT2D eigenvalue weighted by molar-refractivity contribution is 6.01. The van der Waals surface area contributed by atoms with Gasteiger partial charge in [0.1, 0.15) is 11.6 Å². The summed E-state index contributed by atoms with van der Waals surface area (Å²) in [6.07, 6.45) is 3.90. The van der Waals surface area contributed by atoms with Crippen LogP contribution in [0.5, 0.6) is 0 Å². The number of fused-ring (bicyclic) bond motifs is 1. The molecule has 4 heteroatoms. The van der Waals surface area contributed by atoms with E-state index in [-0.39, 0.29) is 5.82 Å². The number of hydrogen-bond donors (Lipinski definition) is 2. The van der Waals surface area contributed by atoms with Crippen LogP contribution in [0.4, 0.5) is 15.9 Å². The van der Waals surface area contributed by atoms with Gasteiger partial charge in [0.2, 0.25) is 0 Å². The molecular weight excluding hydrogens is 205 g/mol. The Morgan fingerprint density at radius 3 is 2.88 bits per heavy atom. The highest BCUT2D eigenvalue weighted by Crippen LogP contribution is 2.32.